The van der Waals surface area contributed by atoms with Crippen LogP contribution < -0.4 is 9.64 Å². The molecule has 0 aromatic heterocycles. The minimum absolute atomic E-state index is 0.0602. The van der Waals surface area contributed by atoms with Crippen molar-refractivity contribution in [1.29, 1.82) is 0 Å². The van der Waals surface area contributed by atoms with Gasteiger partial charge in [-0.25, -0.2) is 4.90 Å². The third-order valence-corrected chi connectivity index (χ3v) is 5.89. The highest BCUT2D eigenvalue weighted by Crippen LogP contribution is 2.38. The van der Waals surface area contributed by atoms with E-state index in [4.69, 9.17) is 16.3 Å². The van der Waals surface area contributed by atoms with Crippen LogP contribution in [0.2, 0.25) is 5.02 Å². The van der Waals surface area contributed by atoms with Gasteiger partial charge in [0.25, 0.3) is 11.8 Å². The Labute approximate surface area is 188 Å². The highest BCUT2D eigenvalue weighted by Gasteiger charge is 2.43. The molecule has 5 nitrogen and oxygen atoms in total. The van der Waals surface area contributed by atoms with Crippen molar-refractivity contribution >= 4 is 34.7 Å². The van der Waals surface area contributed by atoms with Crippen LogP contribution in [0.5, 0.6) is 5.75 Å². The standard InChI is InChI=1S/C25H27ClN2O3/c1-16(2)31-20-11-8-18(9-12-20)22-23(27-13-5-4-6-14-27)25(30)28(24(22)29)21-15-19(26)10-7-17(21)3/h7-12,15-16H,4-6,13-14H2,1-3H3. The Morgan fingerprint density at radius 2 is 1.61 bits per heavy atom. The van der Waals surface area contributed by atoms with Gasteiger partial charge >= 0.3 is 0 Å². The molecule has 0 N–H and O–H groups in total. The third-order valence-electron chi connectivity index (χ3n) is 5.66. The summed E-state index contributed by atoms with van der Waals surface area (Å²) in [5.41, 5.74) is 3.01. The lowest BCUT2D eigenvalue weighted by Crippen LogP contribution is -2.37. The van der Waals surface area contributed by atoms with E-state index in [-0.39, 0.29) is 17.9 Å². The number of ether oxygens (including phenoxy) is 1. The van der Waals surface area contributed by atoms with Gasteiger partial charge in [0.15, 0.2) is 0 Å². The van der Waals surface area contributed by atoms with Crippen molar-refractivity contribution in [2.45, 2.75) is 46.1 Å². The summed E-state index contributed by atoms with van der Waals surface area (Å²) < 4.78 is 5.74. The molecule has 2 amide bonds. The lowest BCUT2D eigenvalue weighted by atomic mass is 10.0. The van der Waals surface area contributed by atoms with E-state index in [0.29, 0.717) is 22.0 Å². The van der Waals surface area contributed by atoms with E-state index >= 15 is 0 Å². The average Bonchev–Trinajstić information content (AvgIpc) is 3.01. The number of carbonyl (C=O) groups excluding carboxylic acids is 2. The van der Waals surface area contributed by atoms with Gasteiger partial charge in [0.2, 0.25) is 0 Å². The van der Waals surface area contributed by atoms with Crippen LogP contribution in [0.3, 0.4) is 0 Å². The fraction of sp³-hybridized carbons (Fsp3) is 0.360. The first-order chi connectivity index (χ1) is 14.9. The maximum absolute atomic E-state index is 13.6. The largest absolute Gasteiger partial charge is 0.491 e. The molecule has 0 bridgehead atoms. The molecule has 162 valence electrons. The van der Waals surface area contributed by atoms with Gasteiger partial charge in [-0.3, -0.25) is 9.59 Å². The summed E-state index contributed by atoms with van der Waals surface area (Å²) in [6, 6.07) is 12.7. The molecule has 0 spiro atoms. The molecule has 0 atom stereocenters. The highest BCUT2D eigenvalue weighted by molar-refractivity contribution is 6.45. The van der Waals surface area contributed by atoms with E-state index in [0.717, 1.165) is 49.2 Å². The molecule has 0 unspecified atom stereocenters. The molecule has 0 saturated carbocycles. The fourth-order valence-electron chi connectivity index (χ4n) is 4.20. The zero-order chi connectivity index (χ0) is 22.1. The zero-order valence-corrected chi connectivity index (χ0v) is 18.9. The van der Waals surface area contributed by atoms with Gasteiger partial charge < -0.3 is 9.64 Å². The number of nitrogens with zero attached hydrogens (tertiary/aromatic N) is 2. The Morgan fingerprint density at radius 3 is 2.26 bits per heavy atom. The van der Waals surface area contributed by atoms with Crippen molar-refractivity contribution < 1.29 is 14.3 Å². The molecule has 0 radical (unpaired) electrons. The summed E-state index contributed by atoms with van der Waals surface area (Å²) >= 11 is 6.20. The second-order valence-electron chi connectivity index (χ2n) is 8.34. The smallest absolute Gasteiger partial charge is 0.282 e. The van der Waals surface area contributed by atoms with Gasteiger partial charge in [-0.1, -0.05) is 29.8 Å². The molecule has 0 aliphatic carbocycles. The number of rotatable bonds is 5. The molecule has 1 saturated heterocycles. The number of hydrogen-bond acceptors (Lipinski definition) is 4. The number of benzene rings is 2. The molecule has 2 heterocycles. The van der Waals surface area contributed by atoms with Crippen molar-refractivity contribution in [1.82, 2.24) is 4.90 Å². The molecule has 2 aliphatic rings. The molecule has 1 fully saturated rings. The molecule has 2 aromatic rings. The van der Waals surface area contributed by atoms with Gasteiger partial charge in [0.05, 0.1) is 17.4 Å². The van der Waals surface area contributed by atoms with E-state index in [2.05, 4.69) is 4.90 Å². The van der Waals surface area contributed by atoms with E-state index in [9.17, 15) is 9.59 Å². The SMILES string of the molecule is Cc1ccc(Cl)cc1N1C(=O)C(c2ccc(OC(C)C)cc2)=C(N2CCCCC2)C1=O. The number of aryl methyl sites for hydroxylation is 1. The van der Waals surface area contributed by atoms with E-state index in [1.54, 1.807) is 12.1 Å². The molecule has 4 rings (SSSR count). The highest BCUT2D eigenvalue weighted by atomic mass is 35.5. The van der Waals surface area contributed by atoms with E-state index < -0.39 is 0 Å². The predicted octanol–water partition coefficient (Wildman–Crippen LogP) is 5.21. The van der Waals surface area contributed by atoms with Crippen LogP contribution in [-0.2, 0) is 9.59 Å². The Morgan fingerprint density at radius 1 is 0.935 bits per heavy atom. The summed E-state index contributed by atoms with van der Waals surface area (Å²) in [7, 11) is 0. The van der Waals surface area contributed by atoms with Crippen LogP contribution in [0.1, 0.15) is 44.2 Å². The molecule has 2 aromatic carbocycles. The average molecular weight is 439 g/mol. The van der Waals surface area contributed by atoms with Gasteiger partial charge in [0, 0.05) is 18.1 Å². The normalized spacial score (nSPS) is 17.2. The minimum Gasteiger partial charge on any atom is -0.491 e. The first kappa shape index (κ1) is 21.4. The number of amides is 2. The van der Waals surface area contributed by atoms with Crippen molar-refractivity contribution in [3.05, 3.63) is 64.3 Å². The van der Waals surface area contributed by atoms with Gasteiger partial charge in [-0.2, -0.15) is 0 Å². The molecule has 6 heteroatoms. The monoisotopic (exact) mass is 438 g/mol. The Kier molecular flexibility index (Phi) is 6.05. The number of anilines is 1. The number of likely N-dealkylation sites (tertiary alicyclic amines) is 1. The topological polar surface area (TPSA) is 49.9 Å². The second-order valence-corrected chi connectivity index (χ2v) is 8.78. The predicted molar refractivity (Wildman–Crippen MR) is 123 cm³/mol. The summed E-state index contributed by atoms with van der Waals surface area (Å²) in [6.45, 7) is 7.36. The fourth-order valence-corrected chi connectivity index (χ4v) is 4.37. The zero-order valence-electron chi connectivity index (χ0n) is 18.2. The van der Waals surface area contributed by atoms with Crippen molar-refractivity contribution in [3.63, 3.8) is 0 Å². The third kappa shape index (κ3) is 4.19. The van der Waals surface area contributed by atoms with E-state index in [1.165, 1.54) is 4.90 Å². The van der Waals surface area contributed by atoms with Crippen LogP contribution >= 0.6 is 11.6 Å². The Balaban J connectivity index is 1.79. The minimum atomic E-state index is -0.312. The number of piperidine rings is 1. The lowest BCUT2D eigenvalue weighted by molar-refractivity contribution is -0.120. The quantitative estimate of drug-likeness (QED) is 0.601. The van der Waals surface area contributed by atoms with Crippen molar-refractivity contribution in [2.24, 2.45) is 0 Å². The number of imide groups is 1. The van der Waals surface area contributed by atoms with Crippen molar-refractivity contribution in [2.75, 3.05) is 18.0 Å². The summed E-state index contributed by atoms with van der Waals surface area (Å²) in [4.78, 5) is 30.6. The number of hydrogen-bond donors (Lipinski definition) is 0. The van der Waals surface area contributed by atoms with E-state index in [1.807, 2.05) is 51.1 Å². The summed E-state index contributed by atoms with van der Waals surface area (Å²) in [5.74, 6) is 0.140. The van der Waals surface area contributed by atoms with Crippen LogP contribution in [0, 0.1) is 6.92 Å². The first-order valence-corrected chi connectivity index (χ1v) is 11.2. The molecule has 2 aliphatic heterocycles. The maximum atomic E-state index is 13.6. The molecule has 31 heavy (non-hydrogen) atoms. The van der Waals surface area contributed by atoms with Gasteiger partial charge in [-0.05, 0) is 75.4 Å². The Bertz CT molecular complexity index is 1040. The van der Waals surface area contributed by atoms with Crippen molar-refractivity contribution in [3.8, 4) is 5.75 Å². The van der Waals surface area contributed by atoms with Crippen LogP contribution in [0.25, 0.3) is 5.57 Å². The van der Waals surface area contributed by atoms with Gasteiger partial charge in [-0.15, -0.1) is 0 Å². The summed E-state index contributed by atoms with van der Waals surface area (Å²) in [5, 5.41) is 0.490. The lowest BCUT2D eigenvalue weighted by Gasteiger charge is -2.29. The first-order valence-electron chi connectivity index (χ1n) is 10.8. The van der Waals surface area contributed by atoms with Crippen LogP contribution in [-0.4, -0.2) is 35.9 Å². The number of carbonyl (C=O) groups is 2. The molecular formula is C25H27ClN2O3. The van der Waals surface area contributed by atoms with Crippen LogP contribution in [0.4, 0.5) is 5.69 Å². The second kappa shape index (κ2) is 8.75. The summed E-state index contributed by atoms with van der Waals surface area (Å²) in [6.07, 6.45) is 3.22. The Hall–Kier alpha value is -2.79. The van der Waals surface area contributed by atoms with Crippen LogP contribution in [0.15, 0.2) is 48.2 Å². The maximum Gasteiger partial charge on any atom is 0.282 e. The molecular weight excluding hydrogens is 412 g/mol. The van der Waals surface area contributed by atoms with Gasteiger partial charge in [0.1, 0.15) is 11.4 Å². The number of halogens is 1.